The van der Waals surface area contributed by atoms with Crippen molar-refractivity contribution in [2.45, 2.75) is 47.2 Å². The molecule has 0 atom stereocenters. The Morgan fingerprint density at radius 3 is 2.63 bits per heavy atom. The fraction of sp³-hybridized carbons (Fsp3) is 0.304. The van der Waals surface area contributed by atoms with Crippen molar-refractivity contribution in [3.8, 4) is 0 Å². The van der Waals surface area contributed by atoms with Gasteiger partial charge in [-0.1, -0.05) is 12.1 Å². The molecule has 7 heteroatoms. The molecule has 0 fully saturated rings. The summed E-state index contributed by atoms with van der Waals surface area (Å²) >= 11 is 1.43. The zero-order chi connectivity index (χ0) is 21.6. The summed E-state index contributed by atoms with van der Waals surface area (Å²) in [6.07, 6.45) is 0. The lowest BCUT2D eigenvalue weighted by atomic mass is 10.1. The molecular weight excluding hydrogens is 396 g/mol. The van der Waals surface area contributed by atoms with Crippen LogP contribution in [0.5, 0.6) is 0 Å². The standard InChI is InChI=1S/C23H24N4O2S/c1-12(2)27(11-18-25-17-9-7-6-8-16(17)21(28)26-18)23(29)20-15(5)19-13(3)10-14(4)24-22(19)30-20/h6-10,12H,11H2,1-5H3,(H,25,26,28). The molecule has 4 aromatic rings. The molecule has 0 unspecified atom stereocenters. The molecule has 3 aromatic heterocycles. The van der Waals surface area contributed by atoms with E-state index in [4.69, 9.17) is 0 Å². The molecule has 0 radical (unpaired) electrons. The molecule has 0 aliphatic heterocycles. The minimum absolute atomic E-state index is 0.0605. The van der Waals surface area contributed by atoms with E-state index in [9.17, 15) is 9.59 Å². The van der Waals surface area contributed by atoms with E-state index in [2.05, 4.69) is 21.9 Å². The molecule has 0 bridgehead atoms. The summed E-state index contributed by atoms with van der Waals surface area (Å²) in [7, 11) is 0. The summed E-state index contributed by atoms with van der Waals surface area (Å²) in [4.78, 5) is 41.3. The minimum atomic E-state index is -0.194. The number of thiophene rings is 1. The van der Waals surface area contributed by atoms with Gasteiger partial charge in [0.2, 0.25) is 0 Å². The Hall–Kier alpha value is -3.06. The Kier molecular flexibility index (Phi) is 5.15. The first kappa shape index (κ1) is 20.2. The van der Waals surface area contributed by atoms with Crippen LogP contribution in [0.1, 0.15) is 46.2 Å². The van der Waals surface area contributed by atoms with Crippen molar-refractivity contribution in [1.29, 1.82) is 0 Å². The number of pyridine rings is 1. The molecule has 0 aliphatic rings. The quantitative estimate of drug-likeness (QED) is 0.527. The van der Waals surface area contributed by atoms with Gasteiger partial charge in [-0.15, -0.1) is 11.3 Å². The second kappa shape index (κ2) is 7.65. The number of aromatic amines is 1. The predicted octanol–water partition coefficient (Wildman–Crippen LogP) is 4.51. The lowest BCUT2D eigenvalue weighted by Gasteiger charge is -2.26. The van der Waals surface area contributed by atoms with Gasteiger partial charge in [0, 0.05) is 17.1 Å². The zero-order valence-electron chi connectivity index (χ0n) is 17.7. The van der Waals surface area contributed by atoms with E-state index in [1.54, 1.807) is 11.0 Å². The first-order chi connectivity index (χ1) is 14.3. The third-order valence-corrected chi connectivity index (χ3v) is 6.46. The average Bonchev–Trinajstić information content (AvgIpc) is 3.02. The highest BCUT2D eigenvalue weighted by molar-refractivity contribution is 7.20. The number of fused-ring (bicyclic) bond motifs is 2. The molecule has 30 heavy (non-hydrogen) atoms. The maximum Gasteiger partial charge on any atom is 0.264 e. The number of benzene rings is 1. The van der Waals surface area contributed by atoms with Crippen LogP contribution in [0.3, 0.4) is 0 Å². The maximum atomic E-state index is 13.5. The van der Waals surface area contributed by atoms with Crippen molar-refractivity contribution in [3.05, 3.63) is 68.2 Å². The molecular formula is C23H24N4O2S. The van der Waals surface area contributed by atoms with Gasteiger partial charge in [0.25, 0.3) is 11.5 Å². The van der Waals surface area contributed by atoms with E-state index in [0.29, 0.717) is 21.6 Å². The Balaban J connectivity index is 1.74. The van der Waals surface area contributed by atoms with Gasteiger partial charge in [-0.05, 0) is 63.9 Å². The number of hydrogen-bond acceptors (Lipinski definition) is 5. The van der Waals surface area contributed by atoms with Gasteiger partial charge in [-0.3, -0.25) is 9.59 Å². The predicted molar refractivity (Wildman–Crippen MR) is 121 cm³/mol. The lowest BCUT2D eigenvalue weighted by molar-refractivity contribution is 0.0689. The first-order valence-electron chi connectivity index (χ1n) is 9.92. The van der Waals surface area contributed by atoms with E-state index >= 15 is 0 Å². The highest BCUT2D eigenvalue weighted by Gasteiger charge is 2.25. The van der Waals surface area contributed by atoms with Crippen molar-refractivity contribution in [1.82, 2.24) is 19.9 Å². The summed E-state index contributed by atoms with van der Waals surface area (Å²) < 4.78 is 0. The average molecular weight is 421 g/mol. The molecule has 0 spiro atoms. The van der Waals surface area contributed by atoms with Crippen LogP contribution < -0.4 is 5.56 Å². The number of aromatic nitrogens is 3. The van der Waals surface area contributed by atoms with E-state index in [-0.39, 0.29) is 24.1 Å². The number of hydrogen-bond donors (Lipinski definition) is 1. The summed E-state index contributed by atoms with van der Waals surface area (Å²) in [5.41, 5.74) is 3.46. The zero-order valence-corrected chi connectivity index (χ0v) is 18.6. The van der Waals surface area contributed by atoms with Crippen LogP contribution >= 0.6 is 11.3 Å². The maximum absolute atomic E-state index is 13.5. The van der Waals surface area contributed by atoms with Gasteiger partial charge in [0.05, 0.1) is 22.3 Å². The Morgan fingerprint density at radius 1 is 1.17 bits per heavy atom. The van der Waals surface area contributed by atoms with Crippen molar-refractivity contribution < 1.29 is 4.79 Å². The lowest BCUT2D eigenvalue weighted by Crippen LogP contribution is -2.37. The topological polar surface area (TPSA) is 79.0 Å². The smallest absolute Gasteiger partial charge is 0.264 e. The second-order valence-corrected chi connectivity index (χ2v) is 8.87. The molecule has 4 rings (SSSR count). The van der Waals surface area contributed by atoms with Crippen LogP contribution in [0.2, 0.25) is 0 Å². The third kappa shape index (κ3) is 3.50. The monoisotopic (exact) mass is 420 g/mol. The number of aryl methyl sites for hydroxylation is 3. The van der Waals surface area contributed by atoms with E-state index < -0.39 is 0 Å². The molecule has 3 heterocycles. The number of para-hydroxylation sites is 1. The number of nitrogens with zero attached hydrogens (tertiary/aromatic N) is 3. The van der Waals surface area contributed by atoms with Crippen LogP contribution in [-0.2, 0) is 6.54 Å². The number of amides is 1. The fourth-order valence-electron chi connectivity index (χ4n) is 3.81. The SMILES string of the molecule is Cc1cc(C)c2c(C)c(C(=O)N(Cc3nc4ccccc4c(=O)[nH]3)C(C)C)sc2n1. The molecule has 0 aliphatic carbocycles. The fourth-order valence-corrected chi connectivity index (χ4v) is 5.07. The van der Waals surface area contributed by atoms with Gasteiger partial charge < -0.3 is 9.88 Å². The Morgan fingerprint density at radius 2 is 1.90 bits per heavy atom. The summed E-state index contributed by atoms with van der Waals surface area (Å²) in [6.45, 7) is 10.2. The van der Waals surface area contributed by atoms with Crippen molar-refractivity contribution in [3.63, 3.8) is 0 Å². The van der Waals surface area contributed by atoms with Gasteiger partial charge in [-0.25, -0.2) is 9.97 Å². The number of carbonyl (C=O) groups excluding carboxylic acids is 1. The number of nitrogens with one attached hydrogen (secondary N) is 1. The Bertz CT molecular complexity index is 1340. The molecule has 6 nitrogen and oxygen atoms in total. The third-order valence-electron chi connectivity index (χ3n) is 5.29. The molecule has 0 saturated heterocycles. The highest BCUT2D eigenvalue weighted by Crippen LogP contribution is 2.33. The summed E-state index contributed by atoms with van der Waals surface area (Å²) in [5, 5.41) is 1.59. The van der Waals surface area contributed by atoms with Gasteiger partial charge in [-0.2, -0.15) is 0 Å². The number of H-pyrrole nitrogens is 1. The number of carbonyl (C=O) groups is 1. The van der Waals surface area contributed by atoms with Gasteiger partial charge >= 0.3 is 0 Å². The molecule has 1 aromatic carbocycles. The van der Waals surface area contributed by atoms with E-state index in [1.165, 1.54) is 11.3 Å². The van der Waals surface area contributed by atoms with Crippen LogP contribution in [-0.4, -0.2) is 31.8 Å². The minimum Gasteiger partial charge on any atom is -0.328 e. The normalized spacial score (nSPS) is 11.5. The first-order valence-corrected chi connectivity index (χ1v) is 10.7. The van der Waals surface area contributed by atoms with Crippen LogP contribution in [0.4, 0.5) is 0 Å². The van der Waals surface area contributed by atoms with Crippen molar-refractivity contribution in [2.75, 3.05) is 0 Å². The van der Waals surface area contributed by atoms with E-state index in [1.807, 2.05) is 52.0 Å². The van der Waals surface area contributed by atoms with Crippen molar-refractivity contribution >= 4 is 38.4 Å². The van der Waals surface area contributed by atoms with E-state index in [0.717, 1.165) is 27.0 Å². The molecule has 1 N–H and O–H groups in total. The van der Waals surface area contributed by atoms with Crippen molar-refractivity contribution in [2.24, 2.45) is 0 Å². The largest absolute Gasteiger partial charge is 0.328 e. The van der Waals surface area contributed by atoms with Gasteiger partial charge in [0.15, 0.2) is 0 Å². The summed E-state index contributed by atoms with van der Waals surface area (Å²) in [6, 6.07) is 9.19. The molecule has 154 valence electrons. The molecule has 0 saturated carbocycles. The Labute approximate surface area is 178 Å². The van der Waals surface area contributed by atoms with Crippen LogP contribution in [0.25, 0.3) is 21.1 Å². The second-order valence-electron chi connectivity index (χ2n) is 7.87. The highest BCUT2D eigenvalue weighted by atomic mass is 32.1. The summed E-state index contributed by atoms with van der Waals surface area (Å²) in [5.74, 6) is 0.406. The molecule has 1 amide bonds. The number of rotatable bonds is 4. The van der Waals surface area contributed by atoms with Gasteiger partial charge in [0.1, 0.15) is 10.7 Å². The van der Waals surface area contributed by atoms with Crippen LogP contribution in [0, 0.1) is 20.8 Å². The van der Waals surface area contributed by atoms with Crippen LogP contribution in [0.15, 0.2) is 35.1 Å².